The van der Waals surface area contributed by atoms with Crippen molar-refractivity contribution in [1.82, 2.24) is 9.38 Å². The molecule has 108 valence electrons. The lowest BCUT2D eigenvalue weighted by atomic mass is 9.84. The first-order valence-electron chi connectivity index (χ1n) is 7.95. The monoisotopic (exact) mass is 290 g/mol. The van der Waals surface area contributed by atoms with E-state index >= 15 is 0 Å². The first-order chi connectivity index (χ1) is 9.83. The molecule has 3 nitrogen and oxygen atoms in total. The first kappa shape index (κ1) is 12.8. The second kappa shape index (κ2) is 5.15. The Kier molecular flexibility index (Phi) is 3.31. The van der Waals surface area contributed by atoms with E-state index in [1.54, 1.807) is 0 Å². The normalized spacial score (nSPS) is 22.4. The van der Waals surface area contributed by atoms with Crippen LogP contribution in [0.15, 0.2) is 12.5 Å². The number of imidazole rings is 1. The minimum atomic E-state index is -0.309. The Morgan fingerprint density at radius 3 is 2.80 bits per heavy atom. The third-order valence-corrected chi connectivity index (χ3v) is 6.15. The highest BCUT2D eigenvalue weighted by Gasteiger charge is 2.32. The Bertz CT molecular complexity index is 593. The van der Waals surface area contributed by atoms with E-state index in [4.69, 9.17) is 0 Å². The second-order valence-electron chi connectivity index (χ2n) is 6.48. The molecule has 20 heavy (non-hydrogen) atoms. The third kappa shape index (κ3) is 2.29. The number of aliphatic hydroxyl groups is 1. The molecule has 1 atom stereocenters. The summed E-state index contributed by atoms with van der Waals surface area (Å²) in [6.07, 6.45) is 13.7. The number of hydrogen-bond donors (Lipinski definition) is 1. The van der Waals surface area contributed by atoms with Crippen molar-refractivity contribution in [3.63, 3.8) is 0 Å². The maximum Gasteiger partial charge on any atom is 0.120 e. The molecule has 2 aromatic heterocycles. The van der Waals surface area contributed by atoms with Crippen LogP contribution in [0.1, 0.15) is 74.0 Å². The fourth-order valence-corrected chi connectivity index (χ4v) is 4.96. The van der Waals surface area contributed by atoms with Crippen molar-refractivity contribution < 1.29 is 5.11 Å². The molecular formula is C16H22N2OS. The number of fused-ring (bicyclic) bond motifs is 1. The molecule has 2 saturated carbocycles. The Morgan fingerprint density at radius 1 is 1.25 bits per heavy atom. The van der Waals surface area contributed by atoms with Crippen molar-refractivity contribution >= 4 is 16.2 Å². The zero-order valence-corrected chi connectivity index (χ0v) is 12.6. The van der Waals surface area contributed by atoms with Crippen LogP contribution < -0.4 is 0 Å². The summed E-state index contributed by atoms with van der Waals surface area (Å²) in [6, 6.07) is 0. The average Bonchev–Trinajstić information content (AvgIpc) is 3.09. The fourth-order valence-electron chi connectivity index (χ4n) is 3.64. The quantitative estimate of drug-likeness (QED) is 0.912. The molecule has 1 N–H and O–H groups in total. The van der Waals surface area contributed by atoms with Crippen molar-refractivity contribution in [2.45, 2.75) is 63.4 Å². The molecule has 0 spiro atoms. The van der Waals surface area contributed by atoms with E-state index < -0.39 is 0 Å². The van der Waals surface area contributed by atoms with Gasteiger partial charge in [-0.2, -0.15) is 0 Å². The molecule has 4 heteroatoms. The number of thiazole rings is 1. The van der Waals surface area contributed by atoms with Crippen molar-refractivity contribution in [1.29, 1.82) is 0 Å². The number of aliphatic hydroxyl groups excluding tert-OH is 1. The summed E-state index contributed by atoms with van der Waals surface area (Å²) in [5.41, 5.74) is 1.15. The Morgan fingerprint density at radius 2 is 2.05 bits per heavy atom. The van der Waals surface area contributed by atoms with Gasteiger partial charge in [0.1, 0.15) is 11.2 Å². The van der Waals surface area contributed by atoms with E-state index in [2.05, 4.69) is 9.38 Å². The van der Waals surface area contributed by atoms with Gasteiger partial charge in [0.15, 0.2) is 0 Å². The van der Waals surface area contributed by atoms with Gasteiger partial charge in [-0.3, -0.25) is 4.40 Å². The molecule has 0 unspecified atom stereocenters. The number of hydrogen-bond acceptors (Lipinski definition) is 3. The molecule has 0 aromatic carbocycles. The van der Waals surface area contributed by atoms with E-state index in [9.17, 15) is 5.11 Å². The van der Waals surface area contributed by atoms with Crippen LogP contribution in [-0.4, -0.2) is 14.5 Å². The summed E-state index contributed by atoms with van der Waals surface area (Å²) in [7, 11) is 0. The molecule has 0 bridgehead atoms. The Hall–Kier alpha value is -0.870. The molecule has 2 aliphatic carbocycles. The molecule has 4 rings (SSSR count). The van der Waals surface area contributed by atoms with Crippen molar-refractivity contribution in [2.75, 3.05) is 0 Å². The minimum absolute atomic E-state index is 0.309. The van der Waals surface area contributed by atoms with Gasteiger partial charge < -0.3 is 5.11 Å². The van der Waals surface area contributed by atoms with Gasteiger partial charge in [-0.15, -0.1) is 11.3 Å². The minimum Gasteiger partial charge on any atom is -0.387 e. The van der Waals surface area contributed by atoms with Gasteiger partial charge in [-0.05, 0) is 31.1 Å². The summed E-state index contributed by atoms with van der Waals surface area (Å²) in [5, 5.41) is 10.8. The highest BCUT2D eigenvalue weighted by molar-refractivity contribution is 7.17. The summed E-state index contributed by atoms with van der Waals surface area (Å²) in [4.78, 5) is 6.84. The highest BCUT2D eigenvalue weighted by Crippen LogP contribution is 2.48. The summed E-state index contributed by atoms with van der Waals surface area (Å²) in [6.45, 7) is 0. The highest BCUT2D eigenvalue weighted by atomic mass is 32.1. The molecule has 2 aromatic rings. The molecule has 0 saturated heterocycles. The molecule has 2 fully saturated rings. The van der Waals surface area contributed by atoms with Crippen LogP contribution in [0.4, 0.5) is 0 Å². The van der Waals surface area contributed by atoms with Crippen LogP contribution in [0, 0.1) is 5.92 Å². The largest absolute Gasteiger partial charge is 0.387 e. The maximum atomic E-state index is 10.8. The average molecular weight is 290 g/mol. The van der Waals surface area contributed by atoms with Crippen LogP contribution >= 0.6 is 11.3 Å². The number of aromatic nitrogens is 2. The summed E-state index contributed by atoms with van der Waals surface area (Å²) in [5.74, 6) is 1.42. The first-order valence-corrected chi connectivity index (χ1v) is 8.77. The Labute approximate surface area is 123 Å². The van der Waals surface area contributed by atoms with Gasteiger partial charge in [-0.1, -0.05) is 32.1 Å². The van der Waals surface area contributed by atoms with E-state index in [0.717, 1.165) is 12.1 Å². The van der Waals surface area contributed by atoms with Crippen molar-refractivity contribution in [3.05, 3.63) is 23.1 Å². The van der Waals surface area contributed by atoms with E-state index in [0.29, 0.717) is 11.8 Å². The van der Waals surface area contributed by atoms with Crippen LogP contribution in [0.2, 0.25) is 0 Å². The standard InChI is InChI=1S/C16H22N2OS/c19-13(8-11-4-2-1-3-5-11)15-16(12-6-7-12)20-14-9-17-10-18(14)15/h9-13,19H,1-8H2/t13-/m0/s1. The van der Waals surface area contributed by atoms with E-state index in [-0.39, 0.29) is 6.10 Å². The predicted octanol–water partition coefficient (Wildman–Crippen LogP) is 4.28. The lowest BCUT2D eigenvalue weighted by molar-refractivity contribution is 0.126. The van der Waals surface area contributed by atoms with Gasteiger partial charge in [0, 0.05) is 4.88 Å². The SMILES string of the molecule is O[C@@H](CC1CCCCC1)c1c(C2CC2)sc2cncn12. The van der Waals surface area contributed by atoms with Crippen LogP contribution in [0.3, 0.4) is 0 Å². The van der Waals surface area contributed by atoms with Crippen molar-refractivity contribution in [3.8, 4) is 0 Å². The van der Waals surface area contributed by atoms with Gasteiger partial charge in [0.2, 0.25) is 0 Å². The van der Waals surface area contributed by atoms with Crippen LogP contribution in [0.25, 0.3) is 4.83 Å². The fraction of sp³-hybridized carbons (Fsp3) is 0.688. The Balaban J connectivity index is 1.61. The summed E-state index contributed by atoms with van der Waals surface area (Å²) < 4.78 is 2.13. The number of rotatable bonds is 4. The zero-order valence-electron chi connectivity index (χ0n) is 11.8. The lowest BCUT2D eigenvalue weighted by Crippen LogP contribution is -2.13. The molecule has 2 aliphatic rings. The van der Waals surface area contributed by atoms with Gasteiger partial charge in [0.25, 0.3) is 0 Å². The molecule has 2 heterocycles. The van der Waals surface area contributed by atoms with Crippen LogP contribution in [-0.2, 0) is 0 Å². The van der Waals surface area contributed by atoms with Crippen LogP contribution in [0.5, 0.6) is 0 Å². The number of nitrogens with zero attached hydrogens (tertiary/aromatic N) is 2. The van der Waals surface area contributed by atoms with E-state index in [1.807, 2.05) is 23.9 Å². The maximum absolute atomic E-state index is 10.8. The zero-order chi connectivity index (χ0) is 13.5. The predicted molar refractivity (Wildman–Crippen MR) is 81.2 cm³/mol. The second-order valence-corrected chi connectivity index (χ2v) is 7.55. The van der Waals surface area contributed by atoms with Gasteiger partial charge in [0.05, 0.1) is 18.0 Å². The molecule has 0 amide bonds. The molecule has 0 radical (unpaired) electrons. The van der Waals surface area contributed by atoms with Gasteiger partial charge >= 0.3 is 0 Å². The smallest absolute Gasteiger partial charge is 0.120 e. The summed E-state index contributed by atoms with van der Waals surface area (Å²) >= 11 is 1.83. The molecular weight excluding hydrogens is 268 g/mol. The lowest BCUT2D eigenvalue weighted by Gasteiger charge is -2.24. The topological polar surface area (TPSA) is 37.5 Å². The van der Waals surface area contributed by atoms with E-state index in [1.165, 1.54) is 54.7 Å². The molecule has 0 aliphatic heterocycles. The third-order valence-electron chi connectivity index (χ3n) is 4.88. The van der Waals surface area contributed by atoms with Gasteiger partial charge in [-0.25, -0.2) is 4.98 Å². The van der Waals surface area contributed by atoms with Crippen molar-refractivity contribution in [2.24, 2.45) is 5.92 Å².